The molecule has 3 nitrogen and oxygen atoms in total. The second kappa shape index (κ2) is 14.5. The molecule has 0 heterocycles. The van der Waals surface area contributed by atoms with E-state index in [0.717, 1.165) is 12.8 Å². The average molecular weight is 345 g/mol. The van der Waals surface area contributed by atoms with Crippen molar-refractivity contribution in [1.82, 2.24) is 0 Å². The van der Waals surface area contributed by atoms with Gasteiger partial charge in [-0.25, -0.2) is 4.79 Å². The first-order valence-electron chi connectivity index (χ1n) is 8.69. The monoisotopic (exact) mass is 344 g/mol. The van der Waals surface area contributed by atoms with Gasteiger partial charge in [0, 0.05) is 0 Å². The minimum atomic E-state index is -1.10. The van der Waals surface area contributed by atoms with E-state index < -0.39 is 5.97 Å². The number of benzene rings is 1. The zero-order chi connectivity index (χ0) is 16.2. The van der Waals surface area contributed by atoms with Gasteiger partial charge in [0.05, 0.1) is 5.56 Å². The van der Waals surface area contributed by atoms with E-state index in [-0.39, 0.29) is 62.7 Å². The van der Waals surface area contributed by atoms with Crippen LogP contribution in [0.2, 0.25) is 0 Å². The van der Waals surface area contributed by atoms with Gasteiger partial charge in [-0.2, -0.15) is 0 Å². The molecule has 0 amide bonds. The molecule has 23 heavy (non-hydrogen) atoms. The number of aromatic carboxylic acids is 1. The van der Waals surface area contributed by atoms with Crippen molar-refractivity contribution in [3.8, 4) is 5.75 Å². The van der Waals surface area contributed by atoms with Gasteiger partial charge in [-0.05, 0) is 18.4 Å². The summed E-state index contributed by atoms with van der Waals surface area (Å²) in [6.45, 7) is 2.23. The molecule has 0 spiro atoms. The van der Waals surface area contributed by atoms with E-state index in [1.807, 2.05) is 0 Å². The molecule has 1 N–H and O–H groups in total. The van der Waals surface area contributed by atoms with Crippen molar-refractivity contribution in [3.05, 3.63) is 29.3 Å². The zero-order valence-corrected chi connectivity index (χ0v) is 17.9. The largest absolute Gasteiger partial charge is 1.00 e. The molecule has 0 radical (unpaired) electrons. The number of carboxylic acid groups (broad SMARTS) is 1. The Morgan fingerprint density at radius 1 is 0.957 bits per heavy atom. The van der Waals surface area contributed by atoms with E-state index in [1.165, 1.54) is 57.4 Å². The molecule has 0 atom stereocenters. The molecule has 0 fully saturated rings. The first-order chi connectivity index (χ1) is 10.7. The van der Waals surface area contributed by atoms with Gasteiger partial charge in [0.1, 0.15) is 0 Å². The van der Waals surface area contributed by atoms with Crippen molar-refractivity contribution >= 4 is 5.97 Å². The minimum Gasteiger partial charge on any atom is -0.872 e. The number of unbranched alkanes of at least 4 members (excludes halogenated alkanes) is 9. The van der Waals surface area contributed by atoms with Crippen LogP contribution in [-0.2, 0) is 6.42 Å². The third-order valence-corrected chi connectivity index (χ3v) is 4.13. The molecule has 0 saturated carbocycles. The molecule has 0 aliphatic heterocycles. The van der Waals surface area contributed by atoms with Gasteiger partial charge in [-0.3, -0.25) is 0 Å². The first-order valence-corrected chi connectivity index (χ1v) is 8.69. The number of rotatable bonds is 12. The van der Waals surface area contributed by atoms with Gasteiger partial charge < -0.3 is 10.2 Å². The Bertz CT molecular complexity index is 446. The Hall–Kier alpha value is 0.126. The molecule has 0 aromatic heterocycles. The second-order valence-electron chi connectivity index (χ2n) is 6.03. The molecule has 0 unspecified atom stereocenters. The maximum atomic E-state index is 11.6. The normalized spacial score (nSPS) is 10.3. The molecule has 124 valence electrons. The molecular formula is C19H29KO3. The van der Waals surface area contributed by atoms with Crippen LogP contribution in [0.4, 0.5) is 0 Å². The van der Waals surface area contributed by atoms with E-state index in [0.29, 0.717) is 12.0 Å². The van der Waals surface area contributed by atoms with Crippen LogP contribution in [0.25, 0.3) is 0 Å². The zero-order valence-electron chi connectivity index (χ0n) is 14.8. The van der Waals surface area contributed by atoms with Gasteiger partial charge in [-0.15, -0.1) is 0 Å². The fraction of sp³-hybridized carbons (Fsp3) is 0.632. The molecule has 0 bridgehead atoms. The van der Waals surface area contributed by atoms with E-state index in [9.17, 15) is 9.90 Å². The fourth-order valence-electron chi connectivity index (χ4n) is 2.83. The van der Waals surface area contributed by atoms with Gasteiger partial charge in [0.25, 0.3) is 0 Å². The summed E-state index contributed by atoms with van der Waals surface area (Å²) in [6.07, 6.45) is 13.2. The molecule has 1 rings (SSSR count). The predicted octanol–water partition coefficient (Wildman–Crippen LogP) is 1.93. The van der Waals surface area contributed by atoms with E-state index in [4.69, 9.17) is 5.11 Å². The van der Waals surface area contributed by atoms with Crippen LogP contribution in [0, 0.1) is 0 Å². The quantitative estimate of drug-likeness (QED) is 0.465. The average Bonchev–Trinajstić information content (AvgIpc) is 2.48. The van der Waals surface area contributed by atoms with Crippen LogP contribution in [0.5, 0.6) is 5.75 Å². The van der Waals surface area contributed by atoms with Gasteiger partial charge in [-0.1, -0.05) is 88.7 Å². The fourth-order valence-corrected chi connectivity index (χ4v) is 2.83. The summed E-state index contributed by atoms with van der Waals surface area (Å²) in [6, 6.07) is 4.74. The van der Waals surface area contributed by atoms with E-state index >= 15 is 0 Å². The second-order valence-corrected chi connectivity index (χ2v) is 6.03. The summed E-state index contributed by atoms with van der Waals surface area (Å²) >= 11 is 0. The minimum absolute atomic E-state index is 0. The summed E-state index contributed by atoms with van der Waals surface area (Å²) < 4.78 is 0. The van der Waals surface area contributed by atoms with Crippen LogP contribution < -0.4 is 56.5 Å². The molecule has 0 aliphatic rings. The Morgan fingerprint density at radius 2 is 1.48 bits per heavy atom. The van der Waals surface area contributed by atoms with Gasteiger partial charge in [0.15, 0.2) is 0 Å². The molecule has 0 aliphatic carbocycles. The molecule has 1 aromatic rings. The van der Waals surface area contributed by atoms with Crippen molar-refractivity contribution in [2.24, 2.45) is 0 Å². The molecule has 4 heteroatoms. The third-order valence-electron chi connectivity index (χ3n) is 4.13. The van der Waals surface area contributed by atoms with Crippen LogP contribution in [-0.4, -0.2) is 11.1 Å². The van der Waals surface area contributed by atoms with Crippen molar-refractivity contribution in [2.75, 3.05) is 0 Å². The molecule has 1 aromatic carbocycles. The van der Waals surface area contributed by atoms with Crippen LogP contribution in [0.1, 0.15) is 87.1 Å². The number of carbonyl (C=O) groups is 1. The Labute approximate surface area is 183 Å². The molecule has 0 saturated heterocycles. The van der Waals surface area contributed by atoms with Crippen LogP contribution in [0.3, 0.4) is 0 Å². The number of aryl methyl sites for hydroxylation is 1. The maximum absolute atomic E-state index is 11.6. The summed E-state index contributed by atoms with van der Waals surface area (Å²) in [4.78, 5) is 11.1. The SMILES string of the molecule is CCCCCCCCCCCCc1cccc([O-])c1C(=O)O.[K+]. The number of hydrogen-bond donors (Lipinski definition) is 1. The summed E-state index contributed by atoms with van der Waals surface area (Å²) in [5.74, 6) is -1.48. The predicted molar refractivity (Wildman–Crippen MR) is 88.4 cm³/mol. The van der Waals surface area contributed by atoms with Crippen molar-refractivity contribution < 1.29 is 66.4 Å². The van der Waals surface area contributed by atoms with Crippen LogP contribution in [0.15, 0.2) is 18.2 Å². The standard InChI is InChI=1S/C19H30O3.K/c1-2-3-4-5-6-7-8-9-10-11-13-16-14-12-15-17(20)18(16)19(21)22;/h12,14-15,20H,2-11,13H2,1H3,(H,21,22);/q;+1/p-1. The van der Waals surface area contributed by atoms with Crippen molar-refractivity contribution in [1.29, 1.82) is 0 Å². The smallest absolute Gasteiger partial charge is 0.872 e. The van der Waals surface area contributed by atoms with E-state index in [2.05, 4.69) is 6.92 Å². The molecular weight excluding hydrogens is 315 g/mol. The third kappa shape index (κ3) is 9.88. The van der Waals surface area contributed by atoms with Crippen molar-refractivity contribution in [3.63, 3.8) is 0 Å². The van der Waals surface area contributed by atoms with Crippen molar-refractivity contribution in [2.45, 2.75) is 77.6 Å². The Morgan fingerprint density at radius 3 is 2.00 bits per heavy atom. The van der Waals surface area contributed by atoms with Gasteiger partial charge in [0.2, 0.25) is 0 Å². The summed E-state index contributed by atoms with van der Waals surface area (Å²) in [5.41, 5.74) is 0.637. The van der Waals surface area contributed by atoms with E-state index in [1.54, 1.807) is 12.1 Å². The summed E-state index contributed by atoms with van der Waals surface area (Å²) in [5, 5.41) is 20.7. The topological polar surface area (TPSA) is 60.4 Å². The number of hydrogen-bond acceptors (Lipinski definition) is 2. The number of carboxylic acids is 1. The first kappa shape index (κ1) is 23.1. The summed E-state index contributed by atoms with van der Waals surface area (Å²) in [7, 11) is 0. The van der Waals surface area contributed by atoms with Crippen LogP contribution >= 0.6 is 0 Å². The van der Waals surface area contributed by atoms with Gasteiger partial charge >= 0.3 is 57.4 Å². The Balaban J connectivity index is 0.00000484. The maximum Gasteiger partial charge on any atom is 1.00 e. The Kier molecular flexibility index (Phi) is 14.5.